The Balaban J connectivity index is 1.66. The van der Waals surface area contributed by atoms with E-state index in [-0.39, 0.29) is 5.82 Å². The summed E-state index contributed by atoms with van der Waals surface area (Å²) in [7, 11) is 0. The van der Waals surface area contributed by atoms with E-state index in [1.807, 2.05) is 6.08 Å². The first-order valence-corrected chi connectivity index (χ1v) is 11.6. The third-order valence-corrected chi connectivity index (χ3v) is 6.58. The molecule has 0 saturated carbocycles. The van der Waals surface area contributed by atoms with Crippen molar-refractivity contribution in [2.75, 3.05) is 11.4 Å². The van der Waals surface area contributed by atoms with E-state index in [2.05, 4.69) is 60.4 Å². The molecule has 0 saturated heterocycles. The van der Waals surface area contributed by atoms with Gasteiger partial charge in [-0.15, -0.1) is 0 Å². The fourth-order valence-electron chi connectivity index (χ4n) is 3.85. The Morgan fingerprint density at radius 3 is 2.52 bits per heavy atom. The van der Waals surface area contributed by atoms with Gasteiger partial charge in [-0.2, -0.15) is 5.26 Å². The van der Waals surface area contributed by atoms with E-state index in [1.165, 1.54) is 52.6 Å². The summed E-state index contributed by atoms with van der Waals surface area (Å²) >= 11 is 1.77. The Labute approximate surface area is 188 Å². The topological polar surface area (TPSA) is 27.0 Å². The van der Waals surface area contributed by atoms with E-state index in [0.717, 1.165) is 24.1 Å². The van der Waals surface area contributed by atoms with Gasteiger partial charge < -0.3 is 4.90 Å². The van der Waals surface area contributed by atoms with Crippen LogP contribution in [0.5, 0.6) is 0 Å². The van der Waals surface area contributed by atoms with Gasteiger partial charge in [0.25, 0.3) is 0 Å². The minimum Gasteiger partial charge on any atom is -0.340 e. The number of anilines is 2. The van der Waals surface area contributed by atoms with Crippen LogP contribution in [-0.2, 0) is 0 Å². The van der Waals surface area contributed by atoms with Crippen molar-refractivity contribution >= 4 is 34.8 Å². The SMILES string of the molecule is CCCCCCN1c2ccccc2Sc2cc(/C=C(\C#N)c3ccc(F)cc3)ccc21. The third kappa shape index (κ3) is 4.84. The Hall–Kier alpha value is -3.03. The van der Waals surface area contributed by atoms with Crippen molar-refractivity contribution in [1.29, 1.82) is 5.26 Å². The predicted molar refractivity (Wildman–Crippen MR) is 128 cm³/mol. The van der Waals surface area contributed by atoms with Crippen LogP contribution in [0.3, 0.4) is 0 Å². The molecule has 3 aromatic rings. The lowest BCUT2D eigenvalue weighted by atomic mass is 10.0. The zero-order valence-electron chi connectivity index (χ0n) is 17.6. The van der Waals surface area contributed by atoms with Crippen LogP contribution in [0.1, 0.15) is 43.7 Å². The Kier molecular flexibility index (Phi) is 6.74. The van der Waals surface area contributed by atoms with Gasteiger partial charge in [-0.25, -0.2) is 4.39 Å². The molecule has 4 heteroatoms. The van der Waals surface area contributed by atoms with Crippen molar-refractivity contribution in [3.8, 4) is 6.07 Å². The van der Waals surface area contributed by atoms with Gasteiger partial charge in [0.1, 0.15) is 5.82 Å². The number of rotatable bonds is 7. The van der Waals surface area contributed by atoms with Crippen LogP contribution in [0.4, 0.5) is 15.8 Å². The molecule has 0 radical (unpaired) electrons. The van der Waals surface area contributed by atoms with Crippen LogP contribution in [0.15, 0.2) is 76.5 Å². The summed E-state index contributed by atoms with van der Waals surface area (Å²) in [6.45, 7) is 3.23. The minimum absolute atomic E-state index is 0.302. The number of fused-ring (bicyclic) bond motifs is 2. The highest BCUT2D eigenvalue weighted by atomic mass is 32.2. The fourth-order valence-corrected chi connectivity index (χ4v) is 5.00. The van der Waals surface area contributed by atoms with Gasteiger partial charge in [-0.1, -0.05) is 68.3 Å². The van der Waals surface area contributed by atoms with E-state index < -0.39 is 0 Å². The summed E-state index contributed by atoms with van der Waals surface area (Å²) in [5, 5.41) is 9.64. The molecule has 0 unspecified atom stereocenters. The number of unbranched alkanes of at least 4 members (excludes halogenated alkanes) is 3. The normalized spacial score (nSPS) is 12.8. The van der Waals surface area contributed by atoms with E-state index >= 15 is 0 Å². The molecule has 1 aliphatic rings. The van der Waals surface area contributed by atoms with Gasteiger partial charge in [0.15, 0.2) is 0 Å². The number of halogens is 1. The number of allylic oxidation sites excluding steroid dienone is 1. The van der Waals surface area contributed by atoms with Gasteiger partial charge in [-0.05, 0) is 60.0 Å². The molecule has 0 amide bonds. The third-order valence-electron chi connectivity index (χ3n) is 5.47. The standard InChI is InChI=1S/C27H25FN2S/c1-2-3-4-7-16-30-24-8-5-6-9-26(24)31-27-18-20(10-15-25(27)30)17-22(19-29)21-11-13-23(28)14-12-21/h5-6,8-15,17-18H,2-4,7,16H2,1H3/b22-17+. The monoisotopic (exact) mass is 428 g/mol. The number of hydrogen-bond acceptors (Lipinski definition) is 3. The highest BCUT2D eigenvalue weighted by Gasteiger charge is 2.23. The Morgan fingerprint density at radius 2 is 1.74 bits per heavy atom. The maximum Gasteiger partial charge on any atom is 0.123 e. The summed E-state index contributed by atoms with van der Waals surface area (Å²) in [5.41, 5.74) is 4.70. The largest absolute Gasteiger partial charge is 0.340 e. The zero-order valence-corrected chi connectivity index (χ0v) is 18.5. The van der Waals surface area contributed by atoms with Crippen molar-refractivity contribution in [3.05, 3.63) is 83.7 Å². The number of hydrogen-bond donors (Lipinski definition) is 0. The van der Waals surface area contributed by atoms with Crippen molar-refractivity contribution < 1.29 is 4.39 Å². The molecule has 1 heterocycles. The average molecular weight is 429 g/mol. The van der Waals surface area contributed by atoms with E-state index in [1.54, 1.807) is 23.9 Å². The Morgan fingerprint density at radius 1 is 0.968 bits per heavy atom. The molecule has 0 atom stereocenters. The van der Waals surface area contributed by atoms with Crippen molar-refractivity contribution in [2.24, 2.45) is 0 Å². The maximum atomic E-state index is 13.2. The summed E-state index contributed by atoms with van der Waals surface area (Å²) in [4.78, 5) is 4.88. The average Bonchev–Trinajstić information content (AvgIpc) is 2.80. The van der Waals surface area contributed by atoms with Crippen molar-refractivity contribution in [1.82, 2.24) is 0 Å². The smallest absolute Gasteiger partial charge is 0.123 e. The molecular weight excluding hydrogens is 403 g/mol. The lowest BCUT2D eigenvalue weighted by molar-refractivity contribution is 0.627. The summed E-state index contributed by atoms with van der Waals surface area (Å²) in [6.07, 6.45) is 6.77. The van der Waals surface area contributed by atoms with Gasteiger partial charge >= 0.3 is 0 Å². The second-order valence-electron chi connectivity index (χ2n) is 7.69. The molecule has 4 rings (SSSR count). The van der Waals surface area contributed by atoms with Gasteiger partial charge in [0.05, 0.1) is 23.0 Å². The van der Waals surface area contributed by atoms with Gasteiger partial charge in [-0.3, -0.25) is 0 Å². The lowest BCUT2D eigenvalue weighted by Gasteiger charge is -2.33. The van der Waals surface area contributed by atoms with E-state index in [9.17, 15) is 9.65 Å². The van der Waals surface area contributed by atoms with Gasteiger partial charge in [0, 0.05) is 16.3 Å². The van der Waals surface area contributed by atoms with Crippen molar-refractivity contribution in [3.63, 3.8) is 0 Å². The van der Waals surface area contributed by atoms with Crippen LogP contribution >= 0.6 is 11.8 Å². The summed E-state index contributed by atoms with van der Waals surface area (Å²) < 4.78 is 13.2. The first-order chi connectivity index (χ1) is 15.2. The fraction of sp³-hybridized carbons (Fsp3) is 0.222. The summed E-state index contributed by atoms with van der Waals surface area (Å²) in [6, 6.07) is 23.2. The van der Waals surface area contributed by atoms with Crippen LogP contribution < -0.4 is 4.90 Å². The van der Waals surface area contributed by atoms with Crippen LogP contribution in [0.25, 0.3) is 11.6 Å². The molecule has 0 spiro atoms. The van der Waals surface area contributed by atoms with Gasteiger partial charge in [0.2, 0.25) is 0 Å². The quantitative estimate of drug-likeness (QED) is 0.216. The number of nitrogens with zero attached hydrogens (tertiary/aromatic N) is 2. The molecule has 3 aromatic carbocycles. The molecule has 0 bridgehead atoms. The van der Waals surface area contributed by atoms with Crippen molar-refractivity contribution in [2.45, 2.75) is 42.4 Å². The van der Waals surface area contributed by atoms with Crippen LogP contribution in [0.2, 0.25) is 0 Å². The Bertz CT molecular complexity index is 1130. The van der Waals surface area contributed by atoms with Crippen LogP contribution in [-0.4, -0.2) is 6.54 Å². The maximum absolute atomic E-state index is 13.2. The minimum atomic E-state index is -0.302. The molecule has 0 aliphatic carbocycles. The highest BCUT2D eigenvalue weighted by molar-refractivity contribution is 7.99. The molecule has 0 N–H and O–H groups in total. The molecule has 0 aromatic heterocycles. The zero-order chi connectivity index (χ0) is 21.6. The van der Waals surface area contributed by atoms with Crippen LogP contribution in [0, 0.1) is 17.1 Å². The first kappa shape index (κ1) is 21.2. The second kappa shape index (κ2) is 9.85. The highest BCUT2D eigenvalue weighted by Crippen LogP contribution is 2.48. The number of nitriles is 1. The second-order valence-corrected chi connectivity index (χ2v) is 8.77. The number of para-hydroxylation sites is 1. The van der Waals surface area contributed by atoms with E-state index in [4.69, 9.17) is 0 Å². The molecule has 156 valence electrons. The molecule has 31 heavy (non-hydrogen) atoms. The molecule has 1 aliphatic heterocycles. The summed E-state index contributed by atoms with van der Waals surface area (Å²) in [5.74, 6) is -0.302. The predicted octanol–water partition coefficient (Wildman–Crippen LogP) is 8.07. The van der Waals surface area contributed by atoms with E-state index in [0.29, 0.717) is 5.57 Å². The molecule has 0 fully saturated rings. The molecule has 2 nitrogen and oxygen atoms in total. The molecular formula is C27H25FN2S. The number of benzene rings is 3. The first-order valence-electron chi connectivity index (χ1n) is 10.8. The lowest BCUT2D eigenvalue weighted by Crippen LogP contribution is -2.22.